The van der Waals surface area contributed by atoms with Crippen LogP contribution >= 0.6 is 0 Å². The van der Waals surface area contributed by atoms with E-state index in [9.17, 15) is 9.18 Å². The molecule has 1 amide bonds. The molecule has 1 aliphatic rings. The first-order valence-corrected chi connectivity index (χ1v) is 7.88. The number of amides is 1. The number of benzene rings is 1. The van der Waals surface area contributed by atoms with Crippen molar-refractivity contribution in [2.45, 2.75) is 32.0 Å². The molecule has 0 bridgehead atoms. The van der Waals surface area contributed by atoms with Crippen LogP contribution in [0.25, 0.3) is 0 Å². The zero-order chi connectivity index (χ0) is 16.9. The smallest absolute Gasteiger partial charge is 0.407 e. The van der Waals surface area contributed by atoms with Crippen molar-refractivity contribution in [1.29, 1.82) is 0 Å². The van der Waals surface area contributed by atoms with Crippen LogP contribution < -0.4 is 10.1 Å². The first-order valence-electron chi connectivity index (χ1n) is 7.88. The third-order valence-electron chi connectivity index (χ3n) is 3.89. The fourth-order valence-corrected chi connectivity index (χ4v) is 2.77. The van der Waals surface area contributed by atoms with Crippen molar-refractivity contribution < 1.29 is 18.7 Å². The number of fused-ring (bicyclic) bond motifs is 1. The van der Waals surface area contributed by atoms with Gasteiger partial charge in [-0.3, -0.25) is 4.98 Å². The quantitative estimate of drug-likeness (QED) is 0.933. The van der Waals surface area contributed by atoms with Crippen LogP contribution in [0.5, 0.6) is 5.75 Å². The Morgan fingerprint density at radius 2 is 2.21 bits per heavy atom. The highest BCUT2D eigenvalue weighted by Gasteiger charge is 2.28. The van der Waals surface area contributed by atoms with Crippen LogP contribution in [0.3, 0.4) is 0 Å². The Hall–Kier alpha value is -2.63. The van der Waals surface area contributed by atoms with Gasteiger partial charge in [0.1, 0.15) is 18.2 Å². The summed E-state index contributed by atoms with van der Waals surface area (Å²) in [6, 6.07) is 10.8. The van der Waals surface area contributed by atoms with Crippen LogP contribution in [0.2, 0.25) is 0 Å². The number of aromatic nitrogens is 1. The van der Waals surface area contributed by atoms with E-state index in [0.29, 0.717) is 24.4 Å². The molecule has 1 aliphatic heterocycles. The summed E-state index contributed by atoms with van der Waals surface area (Å²) in [5.41, 5.74) is 1.59. The van der Waals surface area contributed by atoms with Gasteiger partial charge < -0.3 is 14.8 Å². The molecule has 0 radical (unpaired) electrons. The van der Waals surface area contributed by atoms with Crippen molar-refractivity contribution in [2.24, 2.45) is 0 Å². The van der Waals surface area contributed by atoms with E-state index >= 15 is 0 Å². The number of carbonyl (C=O) groups excluding carboxylic acids is 1. The van der Waals surface area contributed by atoms with Crippen molar-refractivity contribution in [1.82, 2.24) is 10.3 Å². The summed E-state index contributed by atoms with van der Waals surface area (Å²) in [4.78, 5) is 16.0. The predicted octanol–water partition coefficient (Wildman–Crippen LogP) is 3.40. The second kappa shape index (κ2) is 7.29. The Morgan fingerprint density at radius 3 is 3.00 bits per heavy atom. The molecule has 0 saturated carbocycles. The van der Waals surface area contributed by atoms with Crippen LogP contribution in [0.4, 0.5) is 9.18 Å². The molecule has 6 heteroatoms. The molecule has 126 valence electrons. The summed E-state index contributed by atoms with van der Waals surface area (Å²) in [5.74, 6) is -0.0244. The molecular formula is C18H19FN2O3. The zero-order valence-electron chi connectivity index (χ0n) is 13.4. The Balaban J connectivity index is 1.55. The molecule has 0 spiro atoms. The lowest BCUT2D eigenvalue weighted by Crippen LogP contribution is -2.34. The van der Waals surface area contributed by atoms with Crippen LogP contribution in [-0.4, -0.2) is 23.7 Å². The normalized spacial score (nSPS) is 19.1. The minimum absolute atomic E-state index is 0.0337. The molecule has 1 aromatic carbocycles. The van der Waals surface area contributed by atoms with Gasteiger partial charge in [-0.1, -0.05) is 30.3 Å². The summed E-state index contributed by atoms with van der Waals surface area (Å²) in [6.45, 7) is 2.50. The Bertz CT molecular complexity index is 709. The third kappa shape index (κ3) is 4.01. The van der Waals surface area contributed by atoms with Gasteiger partial charge in [-0.2, -0.15) is 0 Å². The predicted molar refractivity (Wildman–Crippen MR) is 86.3 cm³/mol. The fraction of sp³-hybridized carbons (Fsp3) is 0.333. The lowest BCUT2D eigenvalue weighted by Gasteiger charge is -2.29. The van der Waals surface area contributed by atoms with Gasteiger partial charge in [0.25, 0.3) is 0 Å². The lowest BCUT2D eigenvalue weighted by molar-refractivity contribution is 0.134. The summed E-state index contributed by atoms with van der Waals surface area (Å²) in [6.07, 6.45) is 1.32. The summed E-state index contributed by atoms with van der Waals surface area (Å²) in [7, 11) is 0. The Morgan fingerprint density at radius 1 is 1.42 bits per heavy atom. The average Bonchev–Trinajstić information content (AvgIpc) is 2.58. The van der Waals surface area contributed by atoms with E-state index in [1.807, 2.05) is 37.3 Å². The maximum atomic E-state index is 13.3. The number of carbonyl (C=O) groups is 1. The Kier molecular flexibility index (Phi) is 4.93. The number of hydrogen-bond donors (Lipinski definition) is 1. The number of halogens is 1. The molecule has 0 unspecified atom stereocenters. The minimum atomic E-state index is -0.485. The van der Waals surface area contributed by atoms with E-state index in [0.717, 1.165) is 5.56 Å². The molecule has 5 nitrogen and oxygen atoms in total. The van der Waals surface area contributed by atoms with Gasteiger partial charge in [0.05, 0.1) is 18.0 Å². The van der Waals surface area contributed by atoms with Gasteiger partial charge in [0, 0.05) is 18.5 Å². The lowest BCUT2D eigenvalue weighted by atomic mass is 9.94. The highest BCUT2D eigenvalue weighted by atomic mass is 19.1. The summed E-state index contributed by atoms with van der Waals surface area (Å²) in [5, 5.41) is 2.75. The minimum Gasteiger partial charge on any atom is -0.489 e. The number of pyridine rings is 1. The van der Waals surface area contributed by atoms with Crippen LogP contribution in [-0.2, 0) is 11.3 Å². The maximum absolute atomic E-state index is 13.3. The van der Waals surface area contributed by atoms with Gasteiger partial charge in [0.2, 0.25) is 0 Å². The van der Waals surface area contributed by atoms with Crippen molar-refractivity contribution in [2.75, 3.05) is 6.54 Å². The van der Waals surface area contributed by atoms with Crippen molar-refractivity contribution in [3.05, 3.63) is 59.7 Å². The second-order valence-electron chi connectivity index (χ2n) is 5.84. The largest absolute Gasteiger partial charge is 0.489 e. The molecule has 0 fully saturated rings. The first kappa shape index (κ1) is 16.2. The summed E-state index contributed by atoms with van der Waals surface area (Å²) >= 11 is 0. The van der Waals surface area contributed by atoms with Crippen LogP contribution in [0.15, 0.2) is 42.6 Å². The van der Waals surface area contributed by atoms with Crippen LogP contribution in [0.1, 0.15) is 30.5 Å². The van der Waals surface area contributed by atoms with E-state index < -0.39 is 11.9 Å². The number of nitrogens with zero attached hydrogens (tertiary/aromatic N) is 1. The first-order chi connectivity index (χ1) is 11.6. The molecule has 2 aromatic rings. The number of rotatable bonds is 4. The van der Waals surface area contributed by atoms with Crippen molar-refractivity contribution >= 4 is 6.09 Å². The van der Waals surface area contributed by atoms with E-state index in [1.54, 1.807) is 0 Å². The fourth-order valence-electron chi connectivity index (χ4n) is 2.77. The molecule has 1 aromatic heterocycles. The number of ether oxygens (including phenoxy) is 2. The molecule has 2 atom stereocenters. The molecule has 2 heterocycles. The van der Waals surface area contributed by atoms with E-state index in [-0.39, 0.29) is 18.6 Å². The SMILES string of the molecule is C[C@@H]1C[C@@H](CNC(=O)OCc2ccccc2)c2ncc(F)cc2O1. The number of nitrogens with one attached hydrogen (secondary N) is 1. The molecule has 0 aliphatic carbocycles. The van der Waals surface area contributed by atoms with Gasteiger partial charge in [-0.15, -0.1) is 0 Å². The maximum Gasteiger partial charge on any atom is 0.407 e. The molecule has 1 N–H and O–H groups in total. The van der Waals surface area contributed by atoms with Gasteiger partial charge in [0.15, 0.2) is 0 Å². The third-order valence-corrected chi connectivity index (χ3v) is 3.89. The van der Waals surface area contributed by atoms with Gasteiger partial charge in [-0.25, -0.2) is 9.18 Å². The number of hydrogen-bond acceptors (Lipinski definition) is 4. The van der Waals surface area contributed by atoms with Gasteiger partial charge in [-0.05, 0) is 18.9 Å². The van der Waals surface area contributed by atoms with Crippen molar-refractivity contribution in [3.8, 4) is 5.75 Å². The van der Waals surface area contributed by atoms with Crippen LogP contribution in [0, 0.1) is 5.82 Å². The molecular weight excluding hydrogens is 311 g/mol. The standard InChI is InChI=1S/C18H19FN2O3/c1-12-7-14(17-16(24-12)8-15(19)10-20-17)9-21-18(22)23-11-13-5-3-2-4-6-13/h2-6,8,10,12,14H,7,9,11H2,1H3,(H,21,22)/t12-,14+/m1/s1. The topological polar surface area (TPSA) is 60.5 Å². The average molecular weight is 330 g/mol. The Labute approximate surface area is 139 Å². The highest BCUT2D eigenvalue weighted by Crippen LogP contribution is 2.34. The van der Waals surface area contributed by atoms with E-state index in [4.69, 9.17) is 9.47 Å². The van der Waals surface area contributed by atoms with Gasteiger partial charge >= 0.3 is 6.09 Å². The van der Waals surface area contributed by atoms with E-state index in [1.165, 1.54) is 12.3 Å². The highest BCUT2D eigenvalue weighted by molar-refractivity contribution is 5.67. The monoisotopic (exact) mass is 330 g/mol. The summed E-state index contributed by atoms with van der Waals surface area (Å²) < 4.78 is 24.1. The number of alkyl carbamates (subject to hydrolysis) is 1. The second-order valence-corrected chi connectivity index (χ2v) is 5.84. The zero-order valence-corrected chi connectivity index (χ0v) is 13.4. The molecule has 24 heavy (non-hydrogen) atoms. The molecule has 0 saturated heterocycles. The van der Waals surface area contributed by atoms with E-state index in [2.05, 4.69) is 10.3 Å². The van der Waals surface area contributed by atoms with Crippen molar-refractivity contribution in [3.63, 3.8) is 0 Å². The molecule has 3 rings (SSSR count).